The van der Waals surface area contributed by atoms with Gasteiger partial charge in [0.1, 0.15) is 5.52 Å². The first-order valence-electron chi connectivity index (χ1n) is 7.38. The Kier molecular flexibility index (Phi) is 2.90. The van der Waals surface area contributed by atoms with Crippen LogP contribution < -0.4 is 5.32 Å². The number of aryl methyl sites for hydroxylation is 2. The predicted octanol–water partition coefficient (Wildman–Crippen LogP) is 1.33. The molecule has 4 rings (SSSR count). The molecule has 2 N–H and O–H groups in total. The number of hydrogen-bond donors (Lipinski definition) is 2. The van der Waals surface area contributed by atoms with E-state index in [1.165, 1.54) is 0 Å². The highest BCUT2D eigenvalue weighted by molar-refractivity contribution is 5.68. The molecule has 7 heteroatoms. The standard InChI is InChI=1S/C15H18N6O/c1-9-7-17-21(8-9)14-11(6-13(14)22)18-15-12-5-10(2)19-20(12)4-3-16-15/h3-5,7-8,11,13-14,22H,6H2,1-2H3,(H,16,18)/t11-,13+,14+/m0/s1. The van der Waals surface area contributed by atoms with E-state index in [1.807, 2.05) is 41.5 Å². The Labute approximate surface area is 127 Å². The molecule has 3 heterocycles. The van der Waals surface area contributed by atoms with Crippen LogP contribution in [0.2, 0.25) is 0 Å². The summed E-state index contributed by atoms with van der Waals surface area (Å²) in [4.78, 5) is 4.42. The summed E-state index contributed by atoms with van der Waals surface area (Å²) < 4.78 is 3.65. The smallest absolute Gasteiger partial charge is 0.152 e. The number of fused-ring (bicyclic) bond motifs is 1. The van der Waals surface area contributed by atoms with Gasteiger partial charge < -0.3 is 10.4 Å². The van der Waals surface area contributed by atoms with Gasteiger partial charge in [0.2, 0.25) is 0 Å². The lowest BCUT2D eigenvalue weighted by molar-refractivity contribution is 0.0133. The Hall–Kier alpha value is -2.41. The van der Waals surface area contributed by atoms with Crippen LogP contribution in [0.15, 0.2) is 30.9 Å². The Morgan fingerprint density at radius 2 is 2.23 bits per heavy atom. The second kappa shape index (κ2) is 4.81. The van der Waals surface area contributed by atoms with Crippen LogP contribution in [-0.4, -0.2) is 41.6 Å². The molecule has 0 amide bonds. The monoisotopic (exact) mass is 298 g/mol. The highest BCUT2D eigenvalue weighted by atomic mass is 16.3. The van der Waals surface area contributed by atoms with E-state index in [-0.39, 0.29) is 18.2 Å². The third-order valence-corrected chi connectivity index (χ3v) is 4.17. The zero-order valence-electron chi connectivity index (χ0n) is 12.5. The van der Waals surface area contributed by atoms with Crippen molar-refractivity contribution in [3.63, 3.8) is 0 Å². The largest absolute Gasteiger partial charge is 0.391 e. The van der Waals surface area contributed by atoms with E-state index in [1.54, 1.807) is 12.4 Å². The number of aliphatic hydroxyl groups is 1. The Morgan fingerprint density at radius 1 is 1.36 bits per heavy atom. The minimum Gasteiger partial charge on any atom is -0.391 e. The zero-order chi connectivity index (χ0) is 15.3. The minimum atomic E-state index is -0.386. The first kappa shape index (κ1) is 13.3. The molecule has 0 radical (unpaired) electrons. The minimum absolute atomic E-state index is 0.0697. The maximum Gasteiger partial charge on any atom is 0.152 e. The fourth-order valence-electron chi connectivity index (χ4n) is 3.04. The molecule has 1 fully saturated rings. The van der Waals surface area contributed by atoms with Crippen LogP contribution in [0.25, 0.3) is 5.52 Å². The van der Waals surface area contributed by atoms with Crippen molar-refractivity contribution in [1.82, 2.24) is 24.4 Å². The van der Waals surface area contributed by atoms with Crippen LogP contribution in [0.3, 0.4) is 0 Å². The first-order valence-corrected chi connectivity index (χ1v) is 7.38. The van der Waals surface area contributed by atoms with Crippen LogP contribution in [0.5, 0.6) is 0 Å². The van der Waals surface area contributed by atoms with Crippen molar-refractivity contribution in [2.24, 2.45) is 0 Å². The Morgan fingerprint density at radius 3 is 2.95 bits per heavy atom. The summed E-state index contributed by atoms with van der Waals surface area (Å²) in [6.07, 6.45) is 7.61. The summed E-state index contributed by atoms with van der Waals surface area (Å²) in [6.45, 7) is 3.95. The second-order valence-electron chi connectivity index (χ2n) is 5.93. The van der Waals surface area contributed by atoms with Gasteiger partial charge in [0.25, 0.3) is 0 Å². The number of nitrogens with one attached hydrogen (secondary N) is 1. The molecule has 22 heavy (non-hydrogen) atoms. The molecular weight excluding hydrogens is 280 g/mol. The van der Waals surface area contributed by atoms with Gasteiger partial charge in [-0.1, -0.05) is 0 Å². The van der Waals surface area contributed by atoms with Gasteiger partial charge in [-0.15, -0.1) is 0 Å². The molecule has 0 aromatic carbocycles. The summed E-state index contributed by atoms with van der Waals surface area (Å²) in [5, 5.41) is 22.2. The topological polar surface area (TPSA) is 80.3 Å². The van der Waals surface area contributed by atoms with Crippen LogP contribution >= 0.6 is 0 Å². The molecule has 1 saturated carbocycles. The van der Waals surface area contributed by atoms with Crippen molar-refractivity contribution in [3.05, 3.63) is 42.1 Å². The summed E-state index contributed by atoms with van der Waals surface area (Å²) in [7, 11) is 0. The maximum atomic E-state index is 10.1. The van der Waals surface area contributed by atoms with E-state index < -0.39 is 0 Å². The molecule has 1 aliphatic rings. The van der Waals surface area contributed by atoms with Gasteiger partial charge in [-0.05, 0) is 31.9 Å². The Bertz CT molecular complexity index is 822. The maximum absolute atomic E-state index is 10.1. The molecule has 3 aromatic rings. The number of aromatic nitrogens is 5. The van der Waals surface area contributed by atoms with Crippen molar-refractivity contribution in [3.8, 4) is 0 Å². The molecule has 3 atom stereocenters. The lowest BCUT2D eigenvalue weighted by Crippen LogP contribution is -2.51. The number of hydrogen-bond acceptors (Lipinski definition) is 5. The number of aliphatic hydroxyl groups excluding tert-OH is 1. The molecule has 0 saturated heterocycles. The quantitative estimate of drug-likeness (QED) is 0.762. The fourth-order valence-corrected chi connectivity index (χ4v) is 3.04. The van der Waals surface area contributed by atoms with Crippen LogP contribution in [0.1, 0.15) is 23.7 Å². The van der Waals surface area contributed by atoms with Gasteiger partial charge in [-0.25, -0.2) is 9.50 Å². The number of nitrogens with zero attached hydrogens (tertiary/aromatic N) is 5. The van der Waals surface area contributed by atoms with Crippen molar-refractivity contribution in [1.29, 1.82) is 0 Å². The van der Waals surface area contributed by atoms with Gasteiger partial charge >= 0.3 is 0 Å². The lowest BCUT2D eigenvalue weighted by Gasteiger charge is -2.42. The number of anilines is 1. The highest BCUT2D eigenvalue weighted by Crippen LogP contribution is 2.35. The van der Waals surface area contributed by atoms with Gasteiger partial charge in [0, 0.05) is 18.6 Å². The number of rotatable bonds is 3. The lowest BCUT2D eigenvalue weighted by atomic mass is 9.83. The average Bonchev–Trinajstić information content (AvgIpc) is 3.03. The molecule has 0 aliphatic heterocycles. The van der Waals surface area contributed by atoms with E-state index in [9.17, 15) is 5.11 Å². The summed E-state index contributed by atoms with van der Waals surface area (Å²) in [6, 6.07) is 2.03. The van der Waals surface area contributed by atoms with Crippen molar-refractivity contribution >= 4 is 11.3 Å². The fraction of sp³-hybridized carbons (Fsp3) is 0.400. The average molecular weight is 298 g/mol. The van der Waals surface area contributed by atoms with E-state index in [0.29, 0.717) is 6.42 Å². The molecule has 0 bridgehead atoms. The van der Waals surface area contributed by atoms with Crippen LogP contribution in [0, 0.1) is 13.8 Å². The van der Waals surface area contributed by atoms with Gasteiger partial charge in [-0.3, -0.25) is 4.68 Å². The molecule has 0 unspecified atom stereocenters. The van der Waals surface area contributed by atoms with E-state index in [0.717, 1.165) is 22.6 Å². The van der Waals surface area contributed by atoms with Crippen LogP contribution in [-0.2, 0) is 0 Å². The molecule has 114 valence electrons. The highest BCUT2D eigenvalue weighted by Gasteiger charge is 2.42. The third-order valence-electron chi connectivity index (χ3n) is 4.17. The second-order valence-corrected chi connectivity index (χ2v) is 5.93. The normalized spacial score (nSPS) is 24.4. The molecule has 1 aliphatic carbocycles. The molecule has 0 spiro atoms. The van der Waals surface area contributed by atoms with Crippen LogP contribution in [0.4, 0.5) is 5.82 Å². The third kappa shape index (κ3) is 2.05. The summed E-state index contributed by atoms with van der Waals surface area (Å²) >= 11 is 0. The Balaban J connectivity index is 1.62. The van der Waals surface area contributed by atoms with Gasteiger partial charge in [0.05, 0.1) is 30.1 Å². The zero-order valence-corrected chi connectivity index (χ0v) is 12.5. The van der Waals surface area contributed by atoms with Crippen molar-refractivity contribution < 1.29 is 5.11 Å². The SMILES string of the molecule is Cc1cnn([C@H]2[C@H](O)C[C@@H]2Nc2nccn3nc(C)cc23)c1. The van der Waals surface area contributed by atoms with Crippen molar-refractivity contribution in [2.75, 3.05) is 5.32 Å². The molecule has 3 aromatic heterocycles. The molecule has 7 nitrogen and oxygen atoms in total. The van der Waals surface area contributed by atoms with E-state index >= 15 is 0 Å². The van der Waals surface area contributed by atoms with E-state index in [2.05, 4.69) is 20.5 Å². The van der Waals surface area contributed by atoms with Gasteiger partial charge in [0.15, 0.2) is 5.82 Å². The van der Waals surface area contributed by atoms with E-state index in [4.69, 9.17) is 0 Å². The molecular formula is C15H18N6O. The summed E-state index contributed by atoms with van der Waals surface area (Å²) in [5.41, 5.74) is 2.98. The summed E-state index contributed by atoms with van der Waals surface area (Å²) in [5.74, 6) is 0.786. The van der Waals surface area contributed by atoms with Crippen molar-refractivity contribution in [2.45, 2.75) is 38.5 Å². The first-order chi connectivity index (χ1) is 10.6. The predicted molar refractivity (Wildman–Crippen MR) is 81.8 cm³/mol. The van der Waals surface area contributed by atoms with Gasteiger partial charge in [-0.2, -0.15) is 10.2 Å².